The highest BCUT2D eigenvalue weighted by molar-refractivity contribution is 5.84. The van der Waals surface area contributed by atoms with Crippen molar-refractivity contribution in [2.45, 2.75) is 90.4 Å². The summed E-state index contributed by atoms with van der Waals surface area (Å²) in [6.07, 6.45) is 19.9. The summed E-state index contributed by atoms with van der Waals surface area (Å²) in [7, 11) is 0. The fraction of sp³-hybridized carbons (Fsp3) is 0.586. The van der Waals surface area contributed by atoms with Crippen LogP contribution in [0.1, 0.15) is 95.1 Å². The van der Waals surface area contributed by atoms with Gasteiger partial charge in [-0.15, -0.1) is 0 Å². The molecule has 2 aromatic carbocycles. The fourth-order valence-electron chi connectivity index (χ4n) is 6.13. The van der Waals surface area contributed by atoms with E-state index in [0.29, 0.717) is 0 Å². The molecule has 0 radical (unpaired) electrons. The minimum Gasteiger partial charge on any atom is -0.0917 e. The van der Waals surface area contributed by atoms with Gasteiger partial charge in [0, 0.05) is 0 Å². The van der Waals surface area contributed by atoms with Gasteiger partial charge >= 0.3 is 0 Å². The molecule has 0 spiro atoms. The highest BCUT2D eigenvalue weighted by atomic mass is 14.4. The van der Waals surface area contributed by atoms with Gasteiger partial charge in [0.05, 0.1) is 0 Å². The summed E-state index contributed by atoms with van der Waals surface area (Å²) in [6.45, 7) is 4.48. The highest BCUT2D eigenvalue weighted by Crippen LogP contribution is 2.44. The molecule has 2 aromatic rings. The zero-order valence-corrected chi connectivity index (χ0v) is 18.7. The Morgan fingerprint density at radius 2 is 1.45 bits per heavy atom. The summed E-state index contributed by atoms with van der Waals surface area (Å²) in [6, 6.07) is 14.4. The quantitative estimate of drug-likeness (QED) is 0.433. The summed E-state index contributed by atoms with van der Waals surface area (Å²) in [4.78, 5) is 0. The standard InChI is InChI=1S/C29H40/c1-3-5-6-7-23-10-13-29-21-28(19-18-27(29)20-23)26-16-14-25(15-17-26)24-11-8-22(4-2)9-12-24/h3,5,10,13,18-22,24-26H,4,6-9,11-12,14-17H2,1-2H3/b5-3+. The zero-order chi connectivity index (χ0) is 20.1. The third-order valence-electron chi connectivity index (χ3n) is 8.14. The van der Waals surface area contributed by atoms with Crippen LogP contribution in [0.5, 0.6) is 0 Å². The molecule has 0 bridgehead atoms. The third kappa shape index (κ3) is 5.14. The van der Waals surface area contributed by atoms with Crippen molar-refractivity contribution in [1.82, 2.24) is 0 Å². The van der Waals surface area contributed by atoms with Crippen molar-refractivity contribution in [3.63, 3.8) is 0 Å². The van der Waals surface area contributed by atoms with Gasteiger partial charge in [-0.25, -0.2) is 0 Å². The molecule has 0 aliphatic heterocycles. The van der Waals surface area contributed by atoms with Crippen LogP contribution in [0.15, 0.2) is 48.6 Å². The van der Waals surface area contributed by atoms with Crippen molar-refractivity contribution in [3.8, 4) is 0 Å². The molecule has 0 nitrogen and oxygen atoms in total. The van der Waals surface area contributed by atoms with Gasteiger partial charge in [-0.2, -0.15) is 0 Å². The van der Waals surface area contributed by atoms with Crippen LogP contribution in [0.3, 0.4) is 0 Å². The van der Waals surface area contributed by atoms with E-state index in [-0.39, 0.29) is 0 Å². The van der Waals surface area contributed by atoms with Gasteiger partial charge in [0.25, 0.3) is 0 Å². The molecule has 0 heterocycles. The molecule has 0 heteroatoms. The summed E-state index contributed by atoms with van der Waals surface area (Å²) in [5, 5.41) is 2.84. The van der Waals surface area contributed by atoms with Crippen molar-refractivity contribution < 1.29 is 0 Å². The van der Waals surface area contributed by atoms with Gasteiger partial charge in [-0.05, 0) is 104 Å². The number of hydrogen-bond acceptors (Lipinski definition) is 0. The molecular weight excluding hydrogens is 348 g/mol. The maximum absolute atomic E-state index is 2.49. The van der Waals surface area contributed by atoms with E-state index >= 15 is 0 Å². The van der Waals surface area contributed by atoms with E-state index in [0.717, 1.165) is 36.5 Å². The second-order valence-electron chi connectivity index (χ2n) is 9.85. The lowest BCUT2D eigenvalue weighted by atomic mass is 9.68. The first-order valence-corrected chi connectivity index (χ1v) is 12.4. The fourth-order valence-corrected chi connectivity index (χ4v) is 6.13. The van der Waals surface area contributed by atoms with Crippen molar-refractivity contribution >= 4 is 10.8 Å². The lowest BCUT2D eigenvalue weighted by Gasteiger charge is -2.38. The van der Waals surface area contributed by atoms with E-state index in [1.807, 2.05) is 0 Å². The Balaban J connectivity index is 1.35. The summed E-state index contributed by atoms with van der Waals surface area (Å²) >= 11 is 0. The van der Waals surface area contributed by atoms with Crippen molar-refractivity contribution in [3.05, 3.63) is 59.7 Å². The normalized spacial score (nSPS) is 28.2. The molecule has 2 aliphatic rings. The second kappa shape index (κ2) is 9.96. The highest BCUT2D eigenvalue weighted by Gasteiger charge is 2.30. The molecule has 2 fully saturated rings. The topological polar surface area (TPSA) is 0 Å². The van der Waals surface area contributed by atoms with E-state index in [1.165, 1.54) is 74.1 Å². The van der Waals surface area contributed by atoms with Crippen LogP contribution in [0, 0.1) is 17.8 Å². The van der Waals surface area contributed by atoms with Gasteiger partial charge in [-0.1, -0.05) is 74.7 Å². The summed E-state index contributed by atoms with van der Waals surface area (Å²) < 4.78 is 0. The first-order chi connectivity index (χ1) is 14.3. The predicted molar refractivity (Wildman–Crippen MR) is 128 cm³/mol. The van der Waals surface area contributed by atoms with E-state index in [2.05, 4.69) is 62.4 Å². The molecule has 29 heavy (non-hydrogen) atoms. The number of benzene rings is 2. The van der Waals surface area contributed by atoms with Crippen molar-refractivity contribution in [2.24, 2.45) is 17.8 Å². The van der Waals surface area contributed by atoms with Gasteiger partial charge in [0.15, 0.2) is 0 Å². The second-order valence-corrected chi connectivity index (χ2v) is 9.85. The van der Waals surface area contributed by atoms with Crippen LogP contribution in [-0.2, 0) is 6.42 Å². The summed E-state index contributed by atoms with van der Waals surface area (Å²) in [5.41, 5.74) is 3.05. The van der Waals surface area contributed by atoms with Crippen LogP contribution in [-0.4, -0.2) is 0 Å². The Labute approximate surface area is 178 Å². The first-order valence-electron chi connectivity index (χ1n) is 12.4. The smallest absolute Gasteiger partial charge is 0.0162 e. The zero-order valence-electron chi connectivity index (χ0n) is 18.7. The molecule has 0 N–H and O–H groups in total. The predicted octanol–water partition coefficient (Wildman–Crippen LogP) is 8.84. The van der Waals surface area contributed by atoms with E-state index in [4.69, 9.17) is 0 Å². The van der Waals surface area contributed by atoms with Gasteiger partial charge < -0.3 is 0 Å². The van der Waals surface area contributed by atoms with Crippen LogP contribution >= 0.6 is 0 Å². The van der Waals surface area contributed by atoms with E-state index in [1.54, 1.807) is 5.56 Å². The molecule has 0 aromatic heterocycles. The lowest BCUT2D eigenvalue weighted by Crippen LogP contribution is -2.25. The average Bonchev–Trinajstić information content (AvgIpc) is 2.79. The molecule has 0 saturated heterocycles. The monoisotopic (exact) mass is 388 g/mol. The molecule has 0 atom stereocenters. The number of allylic oxidation sites excluding steroid dienone is 2. The van der Waals surface area contributed by atoms with Gasteiger partial charge in [-0.3, -0.25) is 0 Å². The Hall–Kier alpha value is -1.56. The van der Waals surface area contributed by atoms with Crippen molar-refractivity contribution in [1.29, 1.82) is 0 Å². The molecule has 156 valence electrons. The first kappa shape index (κ1) is 20.7. The number of rotatable bonds is 6. The van der Waals surface area contributed by atoms with E-state index < -0.39 is 0 Å². The van der Waals surface area contributed by atoms with Crippen molar-refractivity contribution in [2.75, 3.05) is 0 Å². The Kier molecular flexibility index (Phi) is 7.11. The van der Waals surface area contributed by atoms with Gasteiger partial charge in [0.2, 0.25) is 0 Å². The van der Waals surface area contributed by atoms with Crippen LogP contribution in [0.25, 0.3) is 10.8 Å². The number of fused-ring (bicyclic) bond motifs is 1. The molecule has 2 aliphatic carbocycles. The average molecular weight is 389 g/mol. The Morgan fingerprint density at radius 1 is 0.793 bits per heavy atom. The molecule has 0 amide bonds. The lowest BCUT2D eigenvalue weighted by molar-refractivity contribution is 0.158. The Bertz CT molecular complexity index is 798. The summed E-state index contributed by atoms with van der Waals surface area (Å²) in [5.74, 6) is 3.88. The SMILES string of the molecule is C/C=C/CCc1ccc2cc(C3CCC(C4CCC(CC)CC4)CC3)ccc2c1. The third-order valence-corrected chi connectivity index (χ3v) is 8.14. The molecular formula is C29H40. The molecule has 4 rings (SSSR count). The van der Waals surface area contributed by atoms with Gasteiger partial charge in [0.1, 0.15) is 0 Å². The van der Waals surface area contributed by atoms with Crippen LogP contribution in [0.4, 0.5) is 0 Å². The van der Waals surface area contributed by atoms with Crippen LogP contribution < -0.4 is 0 Å². The largest absolute Gasteiger partial charge is 0.0917 e. The molecule has 0 unspecified atom stereocenters. The maximum atomic E-state index is 2.49. The Morgan fingerprint density at radius 3 is 2.14 bits per heavy atom. The number of hydrogen-bond donors (Lipinski definition) is 0. The maximum Gasteiger partial charge on any atom is -0.0162 e. The van der Waals surface area contributed by atoms with Crippen LogP contribution in [0.2, 0.25) is 0 Å². The minimum atomic E-state index is 0.789. The molecule has 2 saturated carbocycles. The number of aryl methyl sites for hydroxylation is 1. The minimum absolute atomic E-state index is 0.789. The van der Waals surface area contributed by atoms with E-state index in [9.17, 15) is 0 Å².